The lowest BCUT2D eigenvalue weighted by Crippen LogP contribution is -2.49. The maximum absolute atomic E-state index is 12.3. The lowest BCUT2D eigenvalue weighted by molar-refractivity contribution is -0.122. The van der Waals surface area contributed by atoms with Crippen LogP contribution in [0.2, 0.25) is 0 Å². The van der Waals surface area contributed by atoms with Gasteiger partial charge in [-0.25, -0.2) is 0 Å². The third-order valence-electron chi connectivity index (χ3n) is 5.63. The molecule has 1 aliphatic carbocycles. The zero-order valence-electron chi connectivity index (χ0n) is 19.2. The lowest BCUT2D eigenvalue weighted by atomic mass is 9.88. The molecule has 2 aromatic carbocycles. The SMILES string of the molecule is CCc1ccc(OCC(=O)NC(=S)NNC(=O)c2ccc(NC(=O)C3CCCCC3)cc2)cc1. The highest BCUT2D eigenvalue weighted by Crippen LogP contribution is 2.25. The minimum Gasteiger partial charge on any atom is -0.484 e. The molecule has 8 nitrogen and oxygen atoms in total. The molecular weight excluding hydrogens is 452 g/mol. The van der Waals surface area contributed by atoms with Gasteiger partial charge in [0.25, 0.3) is 11.8 Å². The maximum Gasteiger partial charge on any atom is 0.269 e. The lowest BCUT2D eigenvalue weighted by Gasteiger charge is -2.20. The van der Waals surface area contributed by atoms with Gasteiger partial charge in [-0.1, -0.05) is 38.3 Å². The highest BCUT2D eigenvalue weighted by molar-refractivity contribution is 7.80. The molecule has 3 amide bonds. The predicted molar refractivity (Wildman–Crippen MR) is 134 cm³/mol. The number of rotatable bonds is 7. The summed E-state index contributed by atoms with van der Waals surface area (Å²) in [5.74, 6) is -0.220. The Balaban J connectivity index is 1.37. The normalized spacial score (nSPS) is 13.4. The second kappa shape index (κ2) is 12.7. The number of thiocarbonyl (C=S) groups is 1. The van der Waals surface area contributed by atoms with Crippen molar-refractivity contribution in [3.05, 3.63) is 59.7 Å². The average molecular weight is 483 g/mol. The van der Waals surface area contributed by atoms with Gasteiger partial charge in [0.15, 0.2) is 11.7 Å². The Morgan fingerprint density at radius 3 is 2.26 bits per heavy atom. The molecule has 1 aliphatic rings. The van der Waals surface area contributed by atoms with Gasteiger partial charge in [0.1, 0.15) is 5.75 Å². The second-order valence-corrected chi connectivity index (χ2v) is 8.55. The molecule has 0 aromatic heterocycles. The summed E-state index contributed by atoms with van der Waals surface area (Å²) in [6, 6.07) is 14.0. The zero-order chi connectivity index (χ0) is 24.3. The average Bonchev–Trinajstić information content (AvgIpc) is 2.87. The number of anilines is 1. The van der Waals surface area contributed by atoms with Crippen molar-refractivity contribution in [1.29, 1.82) is 0 Å². The smallest absolute Gasteiger partial charge is 0.269 e. The largest absolute Gasteiger partial charge is 0.484 e. The number of hydrazine groups is 1. The van der Waals surface area contributed by atoms with Crippen LogP contribution in [0.15, 0.2) is 48.5 Å². The number of nitrogens with one attached hydrogen (secondary N) is 4. The van der Waals surface area contributed by atoms with E-state index in [4.69, 9.17) is 17.0 Å². The van der Waals surface area contributed by atoms with Crippen LogP contribution in [0.3, 0.4) is 0 Å². The van der Waals surface area contributed by atoms with E-state index >= 15 is 0 Å². The van der Waals surface area contributed by atoms with Crippen LogP contribution in [0.5, 0.6) is 5.75 Å². The van der Waals surface area contributed by atoms with Gasteiger partial charge >= 0.3 is 0 Å². The van der Waals surface area contributed by atoms with Crippen molar-refractivity contribution >= 4 is 40.7 Å². The molecule has 9 heteroatoms. The number of amides is 3. The molecule has 4 N–H and O–H groups in total. The summed E-state index contributed by atoms with van der Waals surface area (Å²) in [7, 11) is 0. The molecule has 0 saturated heterocycles. The van der Waals surface area contributed by atoms with Crippen LogP contribution in [0.1, 0.15) is 54.9 Å². The summed E-state index contributed by atoms with van der Waals surface area (Å²) < 4.78 is 5.42. The minimum absolute atomic E-state index is 0.0293. The fraction of sp³-hybridized carbons (Fsp3) is 0.360. The van der Waals surface area contributed by atoms with Gasteiger partial charge in [0.05, 0.1) is 0 Å². The summed E-state index contributed by atoms with van der Waals surface area (Å²) in [6.07, 6.45) is 6.14. The van der Waals surface area contributed by atoms with E-state index in [9.17, 15) is 14.4 Å². The maximum atomic E-state index is 12.3. The molecular formula is C25H30N4O4S. The fourth-order valence-corrected chi connectivity index (χ4v) is 3.83. The van der Waals surface area contributed by atoms with Crippen molar-refractivity contribution in [3.63, 3.8) is 0 Å². The number of carbonyl (C=O) groups is 3. The van der Waals surface area contributed by atoms with Gasteiger partial charge in [0, 0.05) is 17.2 Å². The molecule has 0 aliphatic heterocycles. The standard InChI is InChI=1S/C25H30N4O4S/c1-2-17-8-14-21(15-9-17)33-16-22(30)27-25(34)29-28-24(32)19-10-12-20(13-11-19)26-23(31)18-6-4-3-5-7-18/h8-15,18H,2-7,16H2,1H3,(H,26,31)(H,28,32)(H2,27,29,30,34). The first-order valence-corrected chi connectivity index (χ1v) is 11.9. The molecule has 0 atom stereocenters. The monoisotopic (exact) mass is 482 g/mol. The second-order valence-electron chi connectivity index (χ2n) is 8.14. The fourth-order valence-electron chi connectivity index (χ4n) is 3.66. The molecule has 1 saturated carbocycles. The summed E-state index contributed by atoms with van der Waals surface area (Å²) in [6.45, 7) is 1.85. The number of hydrogen-bond donors (Lipinski definition) is 4. The van der Waals surface area contributed by atoms with E-state index in [1.54, 1.807) is 36.4 Å². The van der Waals surface area contributed by atoms with E-state index in [-0.39, 0.29) is 23.5 Å². The molecule has 0 spiro atoms. The Morgan fingerprint density at radius 1 is 0.941 bits per heavy atom. The van der Waals surface area contributed by atoms with Gasteiger partial charge in [-0.15, -0.1) is 0 Å². The Labute approximate surface area is 204 Å². The van der Waals surface area contributed by atoms with Gasteiger partial charge in [-0.3, -0.25) is 30.6 Å². The quantitative estimate of drug-likeness (QED) is 0.355. The van der Waals surface area contributed by atoms with E-state index in [1.165, 1.54) is 12.0 Å². The van der Waals surface area contributed by atoms with E-state index in [0.29, 0.717) is 17.0 Å². The molecule has 0 heterocycles. The van der Waals surface area contributed by atoms with Crippen LogP contribution in [0.25, 0.3) is 0 Å². The first-order valence-electron chi connectivity index (χ1n) is 11.5. The minimum atomic E-state index is -0.454. The van der Waals surface area contributed by atoms with Gasteiger partial charge in [0.2, 0.25) is 5.91 Å². The molecule has 180 valence electrons. The molecule has 34 heavy (non-hydrogen) atoms. The first kappa shape index (κ1) is 25.2. The highest BCUT2D eigenvalue weighted by Gasteiger charge is 2.21. The van der Waals surface area contributed by atoms with Gasteiger partial charge in [-0.2, -0.15) is 0 Å². The molecule has 3 rings (SSSR count). The van der Waals surface area contributed by atoms with Crippen molar-refractivity contribution in [1.82, 2.24) is 16.2 Å². The number of aryl methyl sites for hydroxylation is 1. The van der Waals surface area contributed by atoms with E-state index in [2.05, 4.69) is 28.4 Å². The summed E-state index contributed by atoms with van der Waals surface area (Å²) >= 11 is 5.03. The Hall–Kier alpha value is -3.46. The number of carbonyl (C=O) groups excluding carboxylic acids is 3. The topological polar surface area (TPSA) is 109 Å². The van der Waals surface area contributed by atoms with Crippen LogP contribution in [-0.4, -0.2) is 29.4 Å². The Kier molecular flexibility index (Phi) is 9.40. The van der Waals surface area contributed by atoms with E-state index < -0.39 is 11.8 Å². The Morgan fingerprint density at radius 2 is 1.62 bits per heavy atom. The molecule has 0 bridgehead atoms. The van der Waals surface area contributed by atoms with Crippen molar-refractivity contribution in [3.8, 4) is 5.75 Å². The van der Waals surface area contributed by atoms with Crippen molar-refractivity contribution in [2.45, 2.75) is 45.4 Å². The summed E-state index contributed by atoms with van der Waals surface area (Å²) in [4.78, 5) is 36.7. The Bertz CT molecular complexity index is 1000. The molecule has 1 fully saturated rings. The van der Waals surface area contributed by atoms with Crippen LogP contribution in [0.4, 0.5) is 5.69 Å². The van der Waals surface area contributed by atoms with Gasteiger partial charge < -0.3 is 10.1 Å². The zero-order valence-corrected chi connectivity index (χ0v) is 20.0. The summed E-state index contributed by atoms with van der Waals surface area (Å²) in [5.41, 5.74) is 7.11. The van der Waals surface area contributed by atoms with Crippen LogP contribution >= 0.6 is 12.2 Å². The molecule has 0 unspecified atom stereocenters. The van der Waals surface area contributed by atoms with Crippen LogP contribution in [0, 0.1) is 5.92 Å². The highest BCUT2D eigenvalue weighted by atomic mass is 32.1. The van der Waals surface area contributed by atoms with E-state index in [1.807, 2.05) is 12.1 Å². The number of ether oxygens (including phenoxy) is 1. The number of benzene rings is 2. The predicted octanol–water partition coefficient (Wildman–Crippen LogP) is 3.48. The van der Waals surface area contributed by atoms with E-state index in [0.717, 1.165) is 32.1 Å². The van der Waals surface area contributed by atoms with Crippen LogP contribution in [-0.2, 0) is 16.0 Å². The summed E-state index contributed by atoms with van der Waals surface area (Å²) in [5, 5.41) is 5.29. The van der Waals surface area contributed by atoms with Crippen molar-refractivity contribution in [2.24, 2.45) is 5.92 Å². The van der Waals surface area contributed by atoms with Crippen molar-refractivity contribution < 1.29 is 19.1 Å². The van der Waals surface area contributed by atoms with Gasteiger partial charge in [-0.05, 0) is 73.4 Å². The first-order chi connectivity index (χ1) is 16.4. The third-order valence-corrected chi connectivity index (χ3v) is 5.84. The van der Waals surface area contributed by atoms with Crippen molar-refractivity contribution in [2.75, 3.05) is 11.9 Å². The molecule has 2 aromatic rings. The van der Waals surface area contributed by atoms with Crippen LogP contribution < -0.4 is 26.2 Å². The molecule has 0 radical (unpaired) electrons. The number of hydrogen-bond acceptors (Lipinski definition) is 5. The third kappa shape index (κ3) is 7.84.